The summed E-state index contributed by atoms with van der Waals surface area (Å²) in [5.74, 6) is 0.779. The number of ether oxygens (including phenoxy) is 1. The van der Waals surface area contributed by atoms with Crippen LogP contribution in [0, 0.1) is 6.92 Å². The molecule has 0 aliphatic carbocycles. The van der Waals surface area contributed by atoms with Gasteiger partial charge in [-0.3, -0.25) is 4.79 Å². The lowest BCUT2D eigenvalue weighted by Crippen LogP contribution is -2.37. The molecule has 0 N–H and O–H groups in total. The van der Waals surface area contributed by atoms with Gasteiger partial charge in [-0.05, 0) is 45.0 Å². The number of carbonyl (C=O) groups is 1. The van der Waals surface area contributed by atoms with E-state index in [9.17, 15) is 4.79 Å². The van der Waals surface area contributed by atoms with Crippen molar-refractivity contribution in [3.63, 3.8) is 0 Å². The van der Waals surface area contributed by atoms with Gasteiger partial charge in [0, 0.05) is 20.1 Å². The summed E-state index contributed by atoms with van der Waals surface area (Å²) in [4.78, 5) is 16.1. The topological polar surface area (TPSA) is 32.8 Å². The van der Waals surface area contributed by atoms with Crippen LogP contribution in [0.2, 0.25) is 0 Å². The van der Waals surface area contributed by atoms with Crippen LogP contribution in [0.4, 0.5) is 0 Å². The predicted molar refractivity (Wildman–Crippen MR) is 80.0 cm³/mol. The maximum Gasteiger partial charge on any atom is 0.260 e. The van der Waals surface area contributed by atoms with Crippen molar-refractivity contribution < 1.29 is 9.53 Å². The molecule has 0 bridgehead atoms. The minimum Gasteiger partial charge on any atom is -0.484 e. The quantitative estimate of drug-likeness (QED) is 0.796. The number of amides is 1. The van der Waals surface area contributed by atoms with E-state index in [2.05, 4.69) is 4.90 Å². The maximum atomic E-state index is 12.0. The highest BCUT2D eigenvalue weighted by Gasteiger charge is 2.14. The molecule has 1 fully saturated rings. The molecule has 2 rings (SSSR count). The largest absolute Gasteiger partial charge is 0.484 e. The van der Waals surface area contributed by atoms with Crippen LogP contribution in [0.15, 0.2) is 24.3 Å². The molecule has 20 heavy (non-hydrogen) atoms. The Morgan fingerprint density at radius 2 is 1.90 bits per heavy atom. The molecule has 110 valence electrons. The van der Waals surface area contributed by atoms with Crippen LogP contribution >= 0.6 is 0 Å². The zero-order valence-electron chi connectivity index (χ0n) is 12.5. The van der Waals surface area contributed by atoms with Gasteiger partial charge in [0.15, 0.2) is 6.61 Å². The van der Waals surface area contributed by atoms with E-state index in [0.717, 1.165) is 18.8 Å². The molecular formula is C16H24N2O2. The van der Waals surface area contributed by atoms with Crippen molar-refractivity contribution in [3.05, 3.63) is 29.8 Å². The van der Waals surface area contributed by atoms with E-state index in [4.69, 9.17) is 4.74 Å². The highest BCUT2D eigenvalue weighted by Crippen LogP contribution is 2.11. The summed E-state index contributed by atoms with van der Waals surface area (Å²) in [5, 5.41) is 0. The molecule has 1 amide bonds. The van der Waals surface area contributed by atoms with Gasteiger partial charge in [-0.1, -0.05) is 17.7 Å². The Morgan fingerprint density at radius 1 is 1.25 bits per heavy atom. The number of rotatable bonds is 6. The van der Waals surface area contributed by atoms with E-state index in [1.807, 2.05) is 38.2 Å². The van der Waals surface area contributed by atoms with Crippen molar-refractivity contribution >= 4 is 5.91 Å². The average Bonchev–Trinajstić information content (AvgIpc) is 2.97. The Hall–Kier alpha value is -1.55. The first-order valence-electron chi connectivity index (χ1n) is 7.31. The molecule has 4 nitrogen and oxygen atoms in total. The van der Waals surface area contributed by atoms with Crippen LogP contribution in [-0.4, -0.2) is 55.5 Å². The van der Waals surface area contributed by atoms with Gasteiger partial charge >= 0.3 is 0 Å². The zero-order valence-corrected chi connectivity index (χ0v) is 12.5. The molecular weight excluding hydrogens is 252 g/mol. The molecule has 4 heteroatoms. The van der Waals surface area contributed by atoms with Crippen molar-refractivity contribution in [1.29, 1.82) is 0 Å². The molecule has 0 spiro atoms. The van der Waals surface area contributed by atoms with Crippen LogP contribution in [0.1, 0.15) is 18.4 Å². The van der Waals surface area contributed by atoms with Gasteiger partial charge < -0.3 is 14.5 Å². The van der Waals surface area contributed by atoms with Crippen molar-refractivity contribution in [2.45, 2.75) is 19.8 Å². The molecule has 1 aromatic carbocycles. The first kappa shape index (κ1) is 14.9. The van der Waals surface area contributed by atoms with Gasteiger partial charge in [0.25, 0.3) is 5.91 Å². The molecule has 0 radical (unpaired) electrons. The summed E-state index contributed by atoms with van der Waals surface area (Å²) in [6.45, 7) is 6.22. The summed E-state index contributed by atoms with van der Waals surface area (Å²) < 4.78 is 5.51. The number of likely N-dealkylation sites (N-methyl/N-ethyl adjacent to an activating group) is 1. The normalized spacial score (nSPS) is 15.3. The highest BCUT2D eigenvalue weighted by atomic mass is 16.5. The Labute approximate surface area is 121 Å². The lowest BCUT2D eigenvalue weighted by atomic mass is 10.2. The number of hydrogen-bond donors (Lipinski definition) is 0. The van der Waals surface area contributed by atoms with E-state index >= 15 is 0 Å². The summed E-state index contributed by atoms with van der Waals surface area (Å²) in [6, 6.07) is 7.76. The number of likely N-dealkylation sites (tertiary alicyclic amines) is 1. The van der Waals surface area contributed by atoms with E-state index in [1.54, 1.807) is 4.90 Å². The van der Waals surface area contributed by atoms with Crippen molar-refractivity contribution in [3.8, 4) is 5.75 Å². The number of hydrogen-bond acceptors (Lipinski definition) is 3. The van der Waals surface area contributed by atoms with Gasteiger partial charge in [0.1, 0.15) is 5.75 Å². The Balaban J connectivity index is 1.69. The molecule has 1 heterocycles. The fourth-order valence-corrected chi connectivity index (χ4v) is 2.31. The van der Waals surface area contributed by atoms with Crippen LogP contribution < -0.4 is 4.74 Å². The third kappa shape index (κ3) is 4.53. The fraction of sp³-hybridized carbons (Fsp3) is 0.562. The third-order valence-electron chi connectivity index (χ3n) is 3.76. The van der Waals surface area contributed by atoms with E-state index in [1.165, 1.54) is 31.5 Å². The Morgan fingerprint density at radius 3 is 2.55 bits per heavy atom. The molecule has 1 aliphatic rings. The summed E-state index contributed by atoms with van der Waals surface area (Å²) in [7, 11) is 1.84. The lowest BCUT2D eigenvalue weighted by Gasteiger charge is -2.21. The number of nitrogens with zero attached hydrogens (tertiary/aromatic N) is 2. The Bertz CT molecular complexity index is 425. The highest BCUT2D eigenvalue weighted by molar-refractivity contribution is 5.77. The minimum absolute atomic E-state index is 0.0322. The SMILES string of the molecule is Cc1ccc(OCC(=O)N(C)CCN2CCCC2)cc1. The van der Waals surface area contributed by atoms with Crippen LogP contribution in [0.3, 0.4) is 0 Å². The monoisotopic (exact) mass is 276 g/mol. The van der Waals surface area contributed by atoms with Crippen LogP contribution in [-0.2, 0) is 4.79 Å². The van der Waals surface area contributed by atoms with Crippen LogP contribution in [0.5, 0.6) is 5.75 Å². The van der Waals surface area contributed by atoms with E-state index in [-0.39, 0.29) is 12.5 Å². The van der Waals surface area contributed by atoms with Crippen molar-refractivity contribution in [2.24, 2.45) is 0 Å². The number of carbonyl (C=O) groups excluding carboxylic acids is 1. The van der Waals surface area contributed by atoms with Crippen molar-refractivity contribution in [2.75, 3.05) is 39.8 Å². The molecule has 1 aliphatic heterocycles. The maximum absolute atomic E-state index is 12.0. The summed E-state index contributed by atoms with van der Waals surface area (Å²) >= 11 is 0. The van der Waals surface area contributed by atoms with Crippen molar-refractivity contribution in [1.82, 2.24) is 9.80 Å². The second kappa shape index (κ2) is 7.29. The molecule has 0 unspecified atom stereocenters. The number of aryl methyl sites for hydroxylation is 1. The van der Waals surface area contributed by atoms with Gasteiger partial charge in [-0.25, -0.2) is 0 Å². The lowest BCUT2D eigenvalue weighted by molar-refractivity contribution is -0.132. The van der Waals surface area contributed by atoms with E-state index < -0.39 is 0 Å². The zero-order chi connectivity index (χ0) is 14.4. The van der Waals surface area contributed by atoms with Gasteiger partial charge in [-0.15, -0.1) is 0 Å². The second-order valence-corrected chi connectivity index (χ2v) is 5.47. The smallest absolute Gasteiger partial charge is 0.260 e. The first-order valence-corrected chi connectivity index (χ1v) is 7.31. The minimum atomic E-state index is 0.0322. The first-order chi connectivity index (χ1) is 9.65. The van der Waals surface area contributed by atoms with Gasteiger partial charge in [0.2, 0.25) is 0 Å². The second-order valence-electron chi connectivity index (χ2n) is 5.47. The van der Waals surface area contributed by atoms with Gasteiger partial charge in [-0.2, -0.15) is 0 Å². The predicted octanol–water partition coefficient (Wildman–Crippen LogP) is 1.93. The number of benzene rings is 1. The summed E-state index contributed by atoms with van der Waals surface area (Å²) in [6.07, 6.45) is 2.57. The molecule has 1 saturated heterocycles. The summed E-state index contributed by atoms with van der Waals surface area (Å²) in [5.41, 5.74) is 1.19. The molecule has 0 saturated carbocycles. The Kier molecular flexibility index (Phi) is 5.41. The van der Waals surface area contributed by atoms with Gasteiger partial charge in [0.05, 0.1) is 0 Å². The molecule has 0 aromatic heterocycles. The third-order valence-corrected chi connectivity index (χ3v) is 3.76. The standard InChI is InChI=1S/C16H24N2O2/c1-14-5-7-15(8-6-14)20-13-16(19)17(2)11-12-18-9-3-4-10-18/h5-8H,3-4,9-13H2,1-2H3. The van der Waals surface area contributed by atoms with Crippen LogP contribution in [0.25, 0.3) is 0 Å². The fourth-order valence-electron chi connectivity index (χ4n) is 2.31. The van der Waals surface area contributed by atoms with E-state index in [0.29, 0.717) is 0 Å². The average molecular weight is 276 g/mol. The molecule has 1 aromatic rings. The molecule has 0 atom stereocenters.